The monoisotopic (exact) mass is 309 g/mol. The summed E-state index contributed by atoms with van der Waals surface area (Å²) in [6.07, 6.45) is 5.28. The van der Waals surface area contributed by atoms with Gasteiger partial charge in [0.1, 0.15) is 0 Å². The van der Waals surface area contributed by atoms with Crippen molar-refractivity contribution in [1.29, 1.82) is 0 Å². The zero-order chi connectivity index (χ0) is 14.7. The van der Waals surface area contributed by atoms with E-state index in [-0.39, 0.29) is 12.0 Å². The molecule has 3 aromatic rings. The highest BCUT2D eigenvalue weighted by atomic mass is 32.1. The van der Waals surface area contributed by atoms with Crippen LogP contribution in [-0.4, -0.2) is 19.6 Å². The molecule has 3 heterocycles. The van der Waals surface area contributed by atoms with E-state index in [4.69, 9.17) is 0 Å². The van der Waals surface area contributed by atoms with E-state index in [1.54, 1.807) is 11.3 Å². The van der Waals surface area contributed by atoms with E-state index in [0.29, 0.717) is 0 Å². The number of rotatable bonds is 1. The minimum atomic E-state index is -0.442. The van der Waals surface area contributed by atoms with Gasteiger partial charge in [-0.3, -0.25) is 0 Å². The fourth-order valence-electron chi connectivity index (χ4n) is 4.00. The van der Waals surface area contributed by atoms with Crippen molar-refractivity contribution < 1.29 is 5.11 Å². The molecule has 110 valence electrons. The molecule has 0 amide bonds. The Kier molecular flexibility index (Phi) is 2.57. The molecule has 0 spiro atoms. The molecule has 0 fully saturated rings. The maximum absolute atomic E-state index is 10.9. The van der Waals surface area contributed by atoms with Gasteiger partial charge in [-0.2, -0.15) is 0 Å². The Bertz CT molecular complexity index is 853. The molecule has 1 N–H and O–H groups in total. The third-order valence-electron chi connectivity index (χ3n) is 4.99. The second-order valence-electron chi connectivity index (χ2n) is 6.03. The molecule has 5 heteroatoms. The van der Waals surface area contributed by atoms with Crippen molar-refractivity contribution >= 4 is 11.3 Å². The molecular weight excluding hydrogens is 294 g/mol. The van der Waals surface area contributed by atoms with Crippen LogP contribution in [0.15, 0.2) is 42.3 Å². The van der Waals surface area contributed by atoms with Gasteiger partial charge in [-0.15, -0.1) is 11.3 Å². The number of imidazole rings is 1. The summed E-state index contributed by atoms with van der Waals surface area (Å²) in [6.45, 7) is 0. The summed E-state index contributed by atoms with van der Waals surface area (Å²) < 4.78 is 2.23. The van der Waals surface area contributed by atoms with E-state index in [1.165, 1.54) is 11.1 Å². The van der Waals surface area contributed by atoms with E-state index in [1.807, 2.05) is 18.0 Å². The smallest absolute Gasteiger partial charge is 0.0956 e. The van der Waals surface area contributed by atoms with Crippen molar-refractivity contribution in [3.8, 4) is 11.3 Å². The third-order valence-corrected chi connectivity index (χ3v) is 5.93. The Morgan fingerprint density at radius 3 is 3.14 bits per heavy atom. The normalized spacial score (nSPS) is 25.6. The van der Waals surface area contributed by atoms with Crippen LogP contribution in [0.3, 0.4) is 0 Å². The van der Waals surface area contributed by atoms with Crippen LogP contribution in [-0.2, 0) is 6.42 Å². The molecule has 2 aromatic heterocycles. The van der Waals surface area contributed by atoms with Crippen LogP contribution < -0.4 is 0 Å². The summed E-state index contributed by atoms with van der Waals surface area (Å²) in [6, 6.07) is 8.65. The predicted molar refractivity (Wildman–Crippen MR) is 84.7 cm³/mol. The standard InChI is InChI=1S/C17H15N3OS/c21-16-12(5-6-13-17(16)22-9-19-13)15-11-4-2-1-3-10(11)14-7-18-8-20(14)15/h1-4,7-9,12,15-16,21H,5-6H2/t12-,15+,16+/m0/s1. The van der Waals surface area contributed by atoms with E-state index in [9.17, 15) is 5.11 Å². The van der Waals surface area contributed by atoms with Crippen LogP contribution in [0.2, 0.25) is 0 Å². The Labute approximate surface area is 132 Å². The fourth-order valence-corrected chi connectivity index (χ4v) is 4.90. The average Bonchev–Trinajstić information content (AvgIpc) is 3.23. The summed E-state index contributed by atoms with van der Waals surface area (Å²) in [7, 11) is 0. The van der Waals surface area contributed by atoms with Crippen molar-refractivity contribution in [2.75, 3.05) is 0 Å². The van der Waals surface area contributed by atoms with Gasteiger partial charge in [0.2, 0.25) is 0 Å². The number of aliphatic hydroxyl groups is 1. The Balaban J connectivity index is 1.65. The molecule has 5 rings (SSSR count). The number of hydrogen-bond acceptors (Lipinski definition) is 4. The first-order valence-corrected chi connectivity index (χ1v) is 8.44. The van der Waals surface area contributed by atoms with Crippen molar-refractivity contribution in [2.24, 2.45) is 5.92 Å². The lowest BCUT2D eigenvalue weighted by molar-refractivity contribution is 0.0748. The molecule has 1 aliphatic heterocycles. The van der Waals surface area contributed by atoms with Gasteiger partial charge in [0, 0.05) is 11.5 Å². The van der Waals surface area contributed by atoms with Crippen LogP contribution >= 0.6 is 11.3 Å². The third kappa shape index (κ3) is 1.55. The first-order chi connectivity index (χ1) is 10.8. The molecule has 2 aliphatic rings. The highest BCUT2D eigenvalue weighted by Gasteiger charge is 2.41. The number of aryl methyl sites for hydroxylation is 1. The molecule has 0 bridgehead atoms. The Hall–Kier alpha value is -1.98. The first-order valence-electron chi connectivity index (χ1n) is 7.56. The summed E-state index contributed by atoms with van der Waals surface area (Å²) >= 11 is 1.57. The van der Waals surface area contributed by atoms with Gasteiger partial charge in [0.25, 0.3) is 0 Å². The lowest BCUT2D eigenvalue weighted by Crippen LogP contribution is -2.27. The number of benzene rings is 1. The van der Waals surface area contributed by atoms with Crippen LogP contribution in [0.1, 0.15) is 34.7 Å². The van der Waals surface area contributed by atoms with Crippen LogP contribution in [0.25, 0.3) is 11.3 Å². The second kappa shape index (κ2) is 4.51. The molecule has 0 saturated heterocycles. The van der Waals surface area contributed by atoms with E-state index in [0.717, 1.165) is 29.1 Å². The largest absolute Gasteiger partial charge is 0.387 e. The van der Waals surface area contributed by atoms with Gasteiger partial charge >= 0.3 is 0 Å². The SMILES string of the molecule is O[C@H]1c2scnc2CC[C@H]1[C@H]1c2ccccc2-c2cncn21. The number of hydrogen-bond donors (Lipinski definition) is 1. The van der Waals surface area contributed by atoms with Gasteiger partial charge in [0.15, 0.2) is 0 Å². The van der Waals surface area contributed by atoms with Crippen LogP contribution in [0, 0.1) is 5.92 Å². The first kappa shape index (κ1) is 12.6. The number of nitrogens with zero attached hydrogens (tertiary/aromatic N) is 3. The summed E-state index contributed by atoms with van der Waals surface area (Å²) in [5.41, 5.74) is 6.62. The van der Waals surface area contributed by atoms with Crippen molar-refractivity contribution in [3.63, 3.8) is 0 Å². The van der Waals surface area contributed by atoms with E-state index < -0.39 is 6.10 Å². The van der Waals surface area contributed by atoms with Crippen LogP contribution in [0.5, 0.6) is 0 Å². The summed E-state index contributed by atoms with van der Waals surface area (Å²) in [5.74, 6) is 0.171. The fraction of sp³-hybridized carbons (Fsp3) is 0.294. The summed E-state index contributed by atoms with van der Waals surface area (Å²) in [4.78, 5) is 9.75. The van der Waals surface area contributed by atoms with Gasteiger partial charge in [-0.05, 0) is 18.4 Å². The van der Waals surface area contributed by atoms with Crippen LogP contribution in [0.4, 0.5) is 0 Å². The van der Waals surface area contributed by atoms with Gasteiger partial charge in [0.05, 0.1) is 46.4 Å². The molecule has 1 aromatic carbocycles. The van der Waals surface area contributed by atoms with E-state index >= 15 is 0 Å². The van der Waals surface area contributed by atoms with Gasteiger partial charge in [-0.1, -0.05) is 24.3 Å². The zero-order valence-corrected chi connectivity index (χ0v) is 12.7. The minimum absolute atomic E-state index is 0.166. The number of thiazole rings is 1. The average molecular weight is 309 g/mol. The maximum Gasteiger partial charge on any atom is 0.0956 e. The minimum Gasteiger partial charge on any atom is -0.387 e. The van der Waals surface area contributed by atoms with Gasteiger partial charge < -0.3 is 9.67 Å². The maximum atomic E-state index is 10.9. The number of aromatic nitrogens is 3. The molecule has 22 heavy (non-hydrogen) atoms. The highest BCUT2D eigenvalue weighted by Crippen LogP contribution is 2.50. The molecule has 0 unspecified atom stereocenters. The molecule has 3 atom stereocenters. The Morgan fingerprint density at radius 1 is 1.27 bits per heavy atom. The highest BCUT2D eigenvalue weighted by molar-refractivity contribution is 7.09. The zero-order valence-electron chi connectivity index (χ0n) is 11.9. The molecule has 4 nitrogen and oxygen atoms in total. The van der Waals surface area contributed by atoms with Crippen molar-refractivity contribution in [1.82, 2.24) is 14.5 Å². The second-order valence-corrected chi connectivity index (χ2v) is 6.92. The molecular formula is C17H15N3OS. The molecule has 0 radical (unpaired) electrons. The number of fused-ring (bicyclic) bond motifs is 4. The summed E-state index contributed by atoms with van der Waals surface area (Å²) in [5, 5.41) is 10.9. The quantitative estimate of drug-likeness (QED) is 0.751. The van der Waals surface area contributed by atoms with E-state index in [2.05, 4.69) is 38.8 Å². The molecule has 1 aliphatic carbocycles. The lowest BCUT2D eigenvalue weighted by atomic mass is 9.80. The van der Waals surface area contributed by atoms with Crippen molar-refractivity contribution in [2.45, 2.75) is 25.0 Å². The van der Waals surface area contributed by atoms with Crippen molar-refractivity contribution in [3.05, 3.63) is 58.4 Å². The molecule has 0 saturated carbocycles. The predicted octanol–water partition coefficient (Wildman–Crippen LogP) is 3.21. The lowest BCUT2D eigenvalue weighted by Gasteiger charge is -2.33. The topological polar surface area (TPSA) is 50.9 Å². The number of aliphatic hydroxyl groups excluding tert-OH is 1. The Morgan fingerprint density at radius 2 is 2.18 bits per heavy atom. The van der Waals surface area contributed by atoms with Gasteiger partial charge in [-0.25, -0.2) is 9.97 Å².